The number of carbonyl (C=O) groups is 2. The fourth-order valence-corrected chi connectivity index (χ4v) is 8.34. The third-order valence-corrected chi connectivity index (χ3v) is 15.9. The van der Waals surface area contributed by atoms with E-state index in [-0.39, 0.29) is 34.6 Å². The van der Waals surface area contributed by atoms with Crippen LogP contribution in [0.3, 0.4) is 0 Å². The smallest absolute Gasteiger partial charge is 0.411 e. The molecule has 3 amide bonds. The van der Waals surface area contributed by atoms with Crippen LogP contribution in [0.15, 0.2) is 108 Å². The quantitative estimate of drug-likeness (QED) is 0.0577. The van der Waals surface area contributed by atoms with E-state index in [1.807, 2.05) is 78.9 Å². The second-order valence-electron chi connectivity index (χ2n) is 16.7. The lowest BCUT2D eigenvalue weighted by atomic mass is 10.0. The molecule has 0 saturated carbocycles. The molecule has 1 fully saturated rings. The van der Waals surface area contributed by atoms with Crippen LogP contribution in [0, 0.1) is 0 Å². The number of rotatable bonds is 15. The molecule has 13 heteroatoms. The summed E-state index contributed by atoms with van der Waals surface area (Å²) in [5.74, 6) is 0.0205. The molecular formula is C46H58N6O6Si. The van der Waals surface area contributed by atoms with Gasteiger partial charge in [0, 0.05) is 62.8 Å². The maximum absolute atomic E-state index is 12.8. The number of anilines is 1. The SMILES string of the molecule is CC(C)(C)[Si](C)(C)OC(CNCc1cccc(CNC(=O)NCCN2CCC(OC(=O)Nc3ccccc3-c3ccccc3)CC2)c1)c1ccc(O)c2[nH]c(=O)ccc12. The first-order valence-electron chi connectivity index (χ1n) is 20.4. The van der Waals surface area contributed by atoms with Crippen LogP contribution in [0.25, 0.3) is 22.0 Å². The molecule has 1 aliphatic rings. The molecule has 1 saturated heterocycles. The molecule has 1 aliphatic heterocycles. The van der Waals surface area contributed by atoms with Crippen molar-refractivity contribution in [1.82, 2.24) is 25.8 Å². The van der Waals surface area contributed by atoms with Gasteiger partial charge in [-0.05, 0) is 71.4 Å². The number of piperidine rings is 1. The molecule has 59 heavy (non-hydrogen) atoms. The Morgan fingerprint density at radius 2 is 1.59 bits per heavy atom. The molecule has 0 spiro atoms. The first-order chi connectivity index (χ1) is 28.3. The molecular weight excluding hydrogens is 761 g/mol. The molecule has 0 radical (unpaired) electrons. The lowest BCUT2D eigenvalue weighted by Gasteiger charge is -2.39. The van der Waals surface area contributed by atoms with Gasteiger partial charge in [0.05, 0.1) is 17.3 Å². The van der Waals surface area contributed by atoms with Gasteiger partial charge in [-0.3, -0.25) is 10.1 Å². The van der Waals surface area contributed by atoms with Crippen LogP contribution < -0.4 is 26.8 Å². The number of pyridine rings is 1. The fourth-order valence-electron chi connectivity index (χ4n) is 7.06. The van der Waals surface area contributed by atoms with Crippen molar-refractivity contribution in [1.29, 1.82) is 0 Å². The van der Waals surface area contributed by atoms with Crippen molar-refractivity contribution in [2.45, 2.75) is 77.0 Å². The molecule has 1 unspecified atom stereocenters. The number of aromatic hydroxyl groups is 1. The minimum Gasteiger partial charge on any atom is -0.506 e. The highest BCUT2D eigenvalue weighted by Crippen LogP contribution is 2.41. The number of carbonyl (C=O) groups excluding carboxylic acids is 2. The van der Waals surface area contributed by atoms with E-state index in [0.717, 1.165) is 59.1 Å². The van der Waals surface area contributed by atoms with Crippen molar-refractivity contribution in [3.8, 4) is 16.9 Å². The van der Waals surface area contributed by atoms with E-state index in [1.54, 1.807) is 12.1 Å². The lowest BCUT2D eigenvalue weighted by molar-refractivity contribution is 0.0594. The number of ether oxygens (including phenoxy) is 1. The first-order valence-corrected chi connectivity index (χ1v) is 23.3. The second-order valence-corrected chi connectivity index (χ2v) is 21.5. The van der Waals surface area contributed by atoms with E-state index in [4.69, 9.17) is 9.16 Å². The van der Waals surface area contributed by atoms with Gasteiger partial charge in [-0.15, -0.1) is 0 Å². The van der Waals surface area contributed by atoms with Crippen molar-refractivity contribution in [3.05, 3.63) is 130 Å². The van der Waals surface area contributed by atoms with Crippen molar-refractivity contribution in [3.63, 3.8) is 0 Å². The third kappa shape index (κ3) is 11.8. The molecule has 2 heterocycles. The van der Waals surface area contributed by atoms with Gasteiger partial charge in [0.1, 0.15) is 11.9 Å². The summed E-state index contributed by atoms with van der Waals surface area (Å²) >= 11 is 0. The van der Waals surface area contributed by atoms with Gasteiger partial charge in [0.15, 0.2) is 8.32 Å². The normalized spacial score (nSPS) is 14.5. The topological polar surface area (TPSA) is 157 Å². The molecule has 0 bridgehead atoms. The number of phenols is 1. The van der Waals surface area contributed by atoms with Crippen LogP contribution >= 0.6 is 0 Å². The molecule has 5 aromatic rings. The number of hydrogen-bond acceptors (Lipinski definition) is 8. The summed E-state index contributed by atoms with van der Waals surface area (Å²) in [5, 5.41) is 23.7. The van der Waals surface area contributed by atoms with E-state index >= 15 is 0 Å². The first kappa shape index (κ1) is 43.1. The van der Waals surface area contributed by atoms with Gasteiger partial charge < -0.3 is 40.1 Å². The largest absolute Gasteiger partial charge is 0.506 e. The third-order valence-electron chi connectivity index (χ3n) is 11.4. The number of urea groups is 1. The highest BCUT2D eigenvalue weighted by molar-refractivity contribution is 6.74. The predicted molar refractivity (Wildman–Crippen MR) is 237 cm³/mol. The van der Waals surface area contributed by atoms with Crippen molar-refractivity contribution < 1.29 is 23.9 Å². The summed E-state index contributed by atoms with van der Waals surface area (Å²) < 4.78 is 12.7. The second kappa shape index (κ2) is 19.5. The molecule has 12 nitrogen and oxygen atoms in total. The summed E-state index contributed by atoms with van der Waals surface area (Å²) in [4.78, 5) is 42.6. The summed E-state index contributed by atoms with van der Waals surface area (Å²) in [6.45, 7) is 15.3. The zero-order chi connectivity index (χ0) is 42.0. The highest BCUT2D eigenvalue weighted by Gasteiger charge is 2.39. The molecule has 1 aromatic heterocycles. The Morgan fingerprint density at radius 3 is 2.34 bits per heavy atom. The number of benzene rings is 4. The number of hydrogen-bond donors (Lipinski definition) is 6. The minimum absolute atomic E-state index is 0.0205. The number of likely N-dealkylation sites (tertiary alicyclic amines) is 1. The average molecular weight is 819 g/mol. The molecule has 312 valence electrons. The maximum Gasteiger partial charge on any atom is 0.411 e. The molecule has 4 aromatic carbocycles. The zero-order valence-corrected chi connectivity index (χ0v) is 35.8. The standard InChI is InChI=1S/C46H58N6O6Si/c1-46(2,3)59(4,5)58-41(37-18-20-40(53)43-38(37)19-21-42(54)51-43)31-47-29-32-12-11-13-33(28-32)30-49-44(55)48-24-27-52-25-22-35(23-26-52)57-45(56)50-39-17-10-9-16-36(39)34-14-7-6-8-15-34/h6-21,28,35,41,47,53H,22-27,29-31H2,1-5H3,(H,50,56)(H,51,54)(H2,48,49,55). The van der Waals surface area contributed by atoms with E-state index in [2.05, 4.69) is 71.1 Å². The predicted octanol–water partition coefficient (Wildman–Crippen LogP) is 8.27. The van der Waals surface area contributed by atoms with Crippen LogP contribution in [0.5, 0.6) is 5.75 Å². The van der Waals surface area contributed by atoms with E-state index in [1.165, 1.54) is 6.07 Å². The summed E-state index contributed by atoms with van der Waals surface area (Å²) in [6, 6.07) is 32.2. The minimum atomic E-state index is -2.21. The molecule has 0 aliphatic carbocycles. The summed E-state index contributed by atoms with van der Waals surface area (Å²) in [6.07, 6.45) is 0.518. The number of fused-ring (bicyclic) bond motifs is 1. The number of H-pyrrole nitrogens is 1. The Balaban J connectivity index is 0.924. The van der Waals surface area contributed by atoms with Crippen LogP contribution in [-0.4, -0.2) is 74.3 Å². The van der Waals surface area contributed by atoms with Crippen LogP contribution in [0.2, 0.25) is 18.1 Å². The van der Waals surface area contributed by atoms with E-state index < -0.39 is 14.4 Å². The Hall–Kier alpha value is -5.47. The van der Waals surface area contributed by atoms with Gasteiger partial charge in [0.2, 0.25) is 5.56 Å². The maximum atomic E-state index is 12.8. The van der Waals surface area contributed by atoms with Gasteiger partial charge in [-0.1, -0.05) is 99.6 Å². The Bertz CT molecular complexity index is 2250. The van der Waals surface area contributed by atoms with Crippen LogP contribution in [0.1, 0.15) is 56.4 Å². The number of nitrogens with zero attached hydrogens (tertiary/aromatic N) is 1. The number of para-hydroxylation sites is 1. The van der Waals surface area contributed by atoms with Crippen molar-refractivity contribution >= 4 is 37.0 Å². The van der Waals surface area contributed by atoms with Crippen molar-refractivity contribution in [2.75, 3.05) is 38.0 Å². The van der Waals surface area contributed by atoms with Crippen LogP contribution in [0.4, 0.5) is 15.3 Å². The Kier molecular flexibility index (Phi) is 14.3. The molecule has 6 N–H and O–H groups in total. The fraction of sp³-hybridized carbons (Fsp3) is 0.370. The summed E-state index contributed by atoms with van der Waals surface area (Å²) in [5.41, 5.74) is 5.75. The zero-order valence-electron chi connectivity index (χ0n) is 34.8. The number of phenolic OH excluding ortho intramolecular Hbond substituents is 1. The van der Waals surface area contributed by atoms with Crippen LogP contribution in [-0.2, 0) is 22.3 Å². The van der Waals surface area contributed by atoms with E-state index in [0.29, 0.717) is 43.9 Å². The number of aromatic nitrogens is 1. The van der Waals surface area contributed by atoms with Gasteiger partial charge in [-0.25, -0.2) is 9.59 Å². The highest BCUT2D eigenvalue weighted by atomic mass is 28.4. The number of amides is 3. The molecule has 6 rings (SSSR count). The van der Waals surface area contributed by atoms with Crippen molar-refractivity contribution in [2.24, 2.45) is 0 Å². The lowest BCUT2D eigenvalue weighted by Crippen LogP contribution is -2.44. The monoisotopic (exact) mass is 818 g/mol. The summed E-state index contributed by atoms with van der Waals surface area (Å²) in [7, 11) is -2.21. The number of aromatic amines is 1. The Labute approximate surface area is 347 Å². The Morgan fingerprint density at radius 1 is 0.881 bits per heavy atom. The van der Waals surface area contributed by atoms with Gasteiger partial charge in [-0.2, -0.15) is 0 Å². The van der Waals surface area contributed by atoms with E-state index in [9.17, 15) is 19.5 Å². The van der Waals surface area contributed by atoms with Gasteiger partial charge >= 0.3 is 12.1 Å². The molecule has 1 atom stereocenters. The average Bonchev–Trinajstić information content (AvgIpc) is 3.21. The number of nitrogens with one attached hydrogen (secondary N) is 5. The van der Waals surface area contributed by atoms with Gasteiger partial charge in [0.25, 0.3) is 0 Å².